The molecule has 0 amide bonds. The van der Waals surface area contributed by atoms with E-state index in [2.05, 4.69) is 20.5 Å². The van der Waals surface area contributed by atoms with Crippen molar-refractivity contribution in [3.63, 3.8) is 0 Å². The van der Waals surface area contributed by atoms with Crippen molar-refractivity contribution in [1.82, 2.24) is 30.2 Å². The lowest BCUT2D eigenvalue weighted by molar-refractivity contribution is -0.614. The minimum atomic E-state index is -0.996. The molecule has 2 N–H and O–H groups in total. The molecule has 1 aliphatic carbocycles. The smallest absolute Gasteiger partial charge is 0.335 e. The molecule has 0 bridgehead atoms. The van der Waals surface area contributed by atoms with Crippen LogP contribution in [0.25, 0.3) is 28.1 Å². The maximum absolute atomic E-state index is 13.4. The first-order valence-electron chi connectivity index (χ1n) is 12.1. The molecule has 1 fully saturated rings. The largest absolute Gasteiger partial charge is 0.618 e. The summed E-state index contributed by atoms with van der Waals surface area (Å²) >= 11 is 6.28. The third-order valence-corrected chi connectivity index (χ3v) is 7.00. The van der Waals surface area contributed by atoms with Gasteiger partial charge in [-0.1, -0.05) is 36.6 Å². The van der Waals surface area contributed by atoms with E-state index < -0.39 is 5.97 Å². The second-order valence-corrected chi connectivity index (χ2v) is 9.81. The Balaban J connectivity index is 1.36. The fourth-order valence-electron chi connectivity index (χ4n) is 4.67. The highest BCUT2D eigenvalue weighted by Crippen LogP contribution is 2.41. The Hall–Kier alpha value is -4.57. The predicted octanol–water partition coefficient (Wildman–Crippen LogP) is 4.64. The first-order valence-corrected chi connectivity index (χ1v) is 12.5. The quantitative estimate of drug-likeness (QED) is 0.221. The Morgan fingerprint density at radius 1 is 1.18 bits per heavy atom. The molecule has 3 aromatic heterocycles. The zero-order chi connectivity index (χ0) is 26.2. The highest BCUT2D eigenvalue weighted by Gasteiger charge is 2.33. The highest BCUT2D eigenvalue weighted by atomic mass is 35.5. The number of tetrazole rings is 1. The molecule has 1 aliphatic rings. The summed E-state index contributed by atoms with van der Waals surface area (Å²) in [5, 5.41) is 34.7. The van der Waals surface area contributed by atoms with Gasteiger partial charge >= 0.3 is 5.97 Å². The molecule has 1 atom stereocenters. The van der Waals surface area contributed by atoms with Gasteiger partial charge in [-0.2, -0.15) is 9.41 Å². The number of halogens is 1. The molecule has 10 nitrogen and oxygen atoms in total. The summed E-state index contributed by atoms with van der Waals surface area (Å²) in [6, 6.07) is 15.7. The molecule has 0 aliphatic heterocycles. The van der Waals surface area contributed by atoms with Crippen molar-refractivity contribution in [2.75, 3.05) is 0 Å². The first kappa shape index (κ1) is 23.8. The third-order valence-electron chi connectivity index (χ3n) is 6.77. The van der Waals surface area contributed by atoms with Gasteiger partial charge in [0, 0.05) is 34.0 Å². The van der Waals surface area contributed by atoms with Crippen LogP contribution in [0.1, 0.15) is 47.1 Å². The maximum atomic E-state index is 13.4. The van der Waals surface area contributed by atoms with Crippen LogP contribution < -0.4 is 4.73 Å². The van der Waals surface area contributed by atoms with Gasteiger partial charge in [0.2, 0.25) is 5.69 Å². The maximum Gasteiger partial charge on any atom is 0.335 e. The molecule has 38 heavy (non-hydrogen) atoms. The number of aromatic nitrogens is 7. The SMILES string of the molecule is O=C(O)c1cccc(-c2c[nH]c(C(CC3CC3)c3ccc(-c4cc(Cl)ccc4-n4cnnn4)c[n+]3[O-])n2)c1. The lowest BCUT2D eigenvalue weighted by Crippen LogP contribution is -2.34. The van der Waals surface area contributed by atoms with Gasteiger partial charge in [0.25, 0.3) is 0 Å². The highest BCUT2D eigenvalue weighted by molar-refractivity contribution is 6.31. The normalized spacial score (nSPS) is 13.9. The van der Waals surface area contributed by atoms with Gasteiger partial charge in [0.1, 0.15) is 18.1 Å². The summed E-state index contributed by atoms with van der Waals surface area (Å²) in [5.74, 6) is -0.0431. The molecule has 0 saturated heterocycles. The van der Waals surface area contributed by atoms with Gasteiger partial charge < -0.3 is 15.3 Å². The van der Waals surface area contributed by atoms with Crippen LogP contribution in [0, 0.1) is 11.1 Å². The van der Waals surface area contributed by atoms with E-state index in [0.29, 0.717) is 45.0 Å². The van der Waals surface area contributed by atoms with Gasteiger partial charge in [0.15, 0.2) is 6.20 Å². The van der Waals surface area contributed by atoms with Gasteiger partial charge in [-0.15, -0.1) is 5.10 Å². The van der Waals surface area contributed by atoms with Crippen LogP contribution in [0.15, 0.2) is 73.3 Å². The number of pyridine rings is 1. The van der Waals surface area contributed by atoms with Crippen LogP contribution in [-0.2, 0) is 0 Å². The monoisotopic (exact) mass is 527 g/mol. The number of nitrogens with zero attached hydrogens (tertiary/aromatic N) is 6. The van der Waals surface area contributed by atoms with Crippen molar-refractivity contribution in [3.8, 4) is 28.1 Å². The number of nitrogens with one attached hydrogen (secondary N) is 1. The van der Waals surface area contributed by atoms with Crippen molar-refractivity contribution in [2.45, 2.75) is 25.2 Å². The summed E-state index contributed by atoms with van der Waals surface area (Å²) < 4.78 is 2.41. The van der Waals surface area contributed by atoms with Gasteiger partial charge in [-0.25, -0.2) is 9.78 Å². The number of hydrogen-bond donors (Lipinski definition) is 2. The summed E-state index contributed by atoms with van der Waals surface area (Å²) in [7, 11) is 0. The standard InChI is InChI=1S/C27H22ClN7O3/c28-20-7-9-24(34-15-30-32-33-34)21(12-20)19-6-8-25(35(38)14-19)22(10-16-4-5-16)26-29-13-23(31-26)17-2-1-3-18(11-17)27(36)37/h1-3,6-9,11-16,22H,4-5,10H2,(H,29,31)(H,36,37). The number of H-pyrrole nitrogens is 1. The summed E-state index contributed by atoms with van der Waals surface area (Å²) in [4.78, 5) is 19.4. The summed E-state index contributed by atoms with van der Waals surface area (Å²) in [5.41, 5.74) is 4.18. The Bertz CT molecular complexity index is 1630. The van der Waals surface area contributed by atoms with Crippen molar-refractivity contribution in [2.24, 2.45) is 5.92 Å². The van der Waals surface area contributed by atoms with Crippen molar-refractivity contribution < 1.29 is 14.6 Å². The lowest BCUT2D eigenvalue weighted by atomic mass is 9.95. The molecule has 190 valence electrons. The Morgan fingerprint density at radius 3 is 2.79 bits per heavy atom. The molecular weight excluding hydrogens is 506 g/mol. The number of carboxylic acid groups (broad SMARTS) is 1. The minimum absolute atomic E-state index is 0.191. The van der Waals surface area contributed by atoms with Crippen molar-refractivity contribution in [3.05, 3.63) is 101 Å². The van der Waals surface area contributed by atoms with E-state index in [-0.39, 0.29) is 11.5 Å². The second-order valence-electron chi connectivity index (χ2n) is 9.37. The number of carboxylic acids is 1. The van der Waals surface area contributed by atoms with Gasteiger partial charge in [0.05, 0.1) is 16.9 Å². The molecule has 1 saturated carbocycles. The van der Waals surface area contributed by atoms with E-state index in [1.165, 1.54) is 17.2 Å². The van der Waals surface area contributed by atoms with E-state index in [1.807, 2.05) is 18.2 Å². The molecule has 3 heterocycles. The molecule has 0 spiro atoms. The molecule has 0 radical (unpaired) electrons. The Labute approximate surface area is 222 Å². The average Bonchev–Trinajstić information content (AvgIpc) is 3.36. The fraction of sp³-hybridized carbons (Fsp3) is 0.185. The lowest BCUT2D eigenvalue weighted by Gasteiger charge is -2.16. The number of carbonyl (C=O) groups is 1. The fourth-order valence-corrected chi connectivity index (χ4v) is 4.84. The summed E-state index contributed by atoms with van der Waals surface area (Å²) in [6.07, 6.45) is 7.81. The van der Waals surface area contributed by atoms with Crippen LogP contribution in [0.5, 0.6) is 0 Å². The summed E-state index contributed by atoms with van der Waals surface area (Å²) in [6.45, 7) is 0. The van der Waals surface area contributed by atoms with E-state index in [1.54, 1.807) is 42.6 Å². The zero-order valence-corrected chi connectivity index (χ0v) is 20.8. The topological polar surface area (TPSA) is 137 Å². The third kappa shape index (κ3) is 4.73. The number of imidazole rings is 1. The average molecular weight is 528 g/mol. The molecule has 5 aromatic rings. The van der Waals surface area contributed by atoms with E-state index >= 15 is 0 Å². The molecule has 2 aromatic carbocycles. The number of aromatic amines is 1. The van der Waals surface area contributed by atoms with Gasteiger partial charge in [-0.05, 0) is 59.2 Å². The number of aromatic carboxylic acids is 1. The van der Waals surface area contributed by atoms with E-state index in [0.717, 1.165) is 29.6 Å². The number of hydrogen-bond acceptors (Lipinski definition) is 6. The van der Waals surface area contributed by atoms with Gasteiger partial charge in [-0.3, -0.25) is 0 Å². The van der Waals surface area contributed by atoms with Crippen molar-refractivity contribution >= 4 is 17.6 Å². The van der Waals surface area contributed by atoms with Crippen LogP contribution in [0.3, 0.4) is 0 Å². The second kappa shape index (κ2) is 9.71. The predicted molar refractivity (Wildman–Crippen MR) is 139 cm³/mol. The van der Waals surface area contributed by atoms with E-state index in [4.69, 9.17) is 16.6 Å². The first-order chi connectivity index (χ1) is 18.5. The molecule has 6 rings (SSSR count). The number of rotatable bonds is 8. The van der Waals surface area contributed by atoms with Crippen LogP contribution >= 0.6 is 11.6 Å². The van der Waals surface area contributed by atoms with Crippen LogP contribution in [0.2, 0.25) is 5.02 Å². The van der Waals surface area contributed by atoms with Crippen LogP contribution in [0.4, 0.5) is 0 Å². The number of benzene rings is 2. The zero-order valence-electron chi connectivity index (χ0n) is 20.0. The molecular formula is C27H22ClN7O3. The minimum Gasteiger partial charge on any atom is -0.618 e. The van der Waals surface area contributed by atoms with E-state index in [9.17, 15) is 15.1 Å². The Kier molecular flexibility index (Phi) is 6.09. The molecule has 1 unspecified atom stereocenters. The molecule has 11 heteroatoms. The van der Waals surface area contributed by atoms with Crippen LogP contribution in [-0.4, -0.2) is 41.3 Å². The Morgan fingerprint density at radius 2 is 2.05 bits per heavy atom. The van der Waals surface area contributed by atoms with Crippen molar-refractivity contribution in [1.29, 1.82) is 0 Å².